The van der Waals surface area contributed by atoms with E-state index >= 15 is 0 Å². The van der Waals surface area contributed by atoms with Crippen LogP contribution in [-0.2, 0) is 22.9 Å². The van der Waals surface area contributed by atoms with Gasteiger partial charge in [0.05, 0.1) is 0 Å². The third-order valence-corrected chi connectivity index (χ3v) is 13.5. The van der Waals surface area contributed by atoms with Gasteiger partial charge in [0, 0.05) is 9.52 Å². The molecule has 2 aromatic carbocycles. The molecule has 144 valence electrons. The fourth-order valence-electron chi connectivity index (χ4n) is 5.37. The Morgan fingerprint density at radius 2 is 1.25 bits per heavy atom. The Hall–Kier alpha value is -0.993. The summed E-state index contributed by atoms with van der Waals surface area (Å²) in [6.07, 6.45) is 7.97. The molecule has 1 fully saturated rings. The van der Waals surface area contributed by atoms with E-state index in [2.05, 4.69) is 79.2 Å². The second-order valence-corrected chi connectivity index (χ2v) is 15.2. The van der Waals surface area contributed by atoms with Crippen molar-refractivity contribution in [1.82, 2.24) is 0 Å². The molecule has 28 heavy (non-hydrogen) atoms. The van der Waals surface area contributed by atoms with Crippen molar-refractivity contribution in [3.05, 3.63) is 81.9 Å². The van der Waals surface area contributed by atoms with Gasteiger partial charge in [-0.25, -0.2) is 0 Å². The molecule has 2 unspecified atom stereocenters. The van der Waals surface area contributed by atoms with Crippen LogP contribution in [0.1, 0.15) is 60.8 Å². The van der Waals surface area contributed by atoms with Crippen LogP contribution in [0.25, 0.3) is 12.2 Å². The van der Waals surface area contributed by atoms with Crippen LogP contribution in [0.4, 0.5) is 0 Å². The van der Waals surface area contributed by atoms with Crippen molar-refractivity contribution in [1.29, 1.82) is 0 Å². The summed E-state index contributed by atoms with van der Waals surface area (Å²) >= 11 is -0.698. The average molecular weight is 551 g/mol. The molecule has 1 aliphatic heterocycles. The van der Waals surface area contributed by atoms with Crippen LogP contribution in [0.3, 0.4) is 0 Å². The predicted molar refractivity (Wildman–Crippen MR) is 123 cm³/mol. The summed E-state index contributed by atoms with van der Waals surface area (Å²) < 4.78 is 3.38. The van der Waals surface area contributed by atoms with Gasteiger partial charge in [-0.05, 0) is 0 Å². The van der Waals surface area contributed by atoms with Gasteiger partial charge in [-0.1, -0.05) is 24.9 Å². The predicted octanol–water partition coefficient (Wildman–Crippen LogP) is 7.09. The summed E-state index contributed by atoms with van der Waals surface area (Å²) in [5.74, 6) is 1.28. The molecule has 0 saturated carbocycles. The van der Waals surface area contributed by atoms with Crippen molar-refractivity contribution in [2.24, 2.45) is 0 Å². The third kappa shape index (κ3) is 4.00. The fourth-order valence-corrected chi connectivity index (χ4v) is 12.7. The third-order valence-electron chi connectivity index (χ3n) is 6.71. The van der Waals surface area contributed by atoms with Gasteiger partial charge in [0.2, 0.25) is 0 Å². The monoisotopic (exact) mass is 552 g/mol. The Morgan fingerprint density at radius 3 is 1.64 bits per heavy atom. The normalized spacial score (nSPS) is 23.1. The minimum atomic E-state index is -0.698. The molecule has 0 amide bonds. The van der Waals surface area contributed by atoms with Crippen LogP contribution in [0.2, 0.25) is 20.4 Å². The zero-order valence-corrected chi connectivity index (χ0v) is 22.5. The molecule has 0 radical (unpaired) electrons. The fraction of sp³-hybridized carbons (Fsp3) is 0.385. The summed E-state index contributed by atoms with van der Waals surface area (Å²) in [6, 6.07) is 21.3. The first-order chi connectivity index (χ1) is 13.7. The van der Waals surface area contributed by atoms with Gasteiger partial charge in [-0.3, -0.25) is 0 Å². The first-order valence-electron chi connectivity index (χ1n) is 10.9. The molecule has 0 spiro atoms. The SMILES string of the molecule is C1CC[SiH2]C1.[CH3][Hf][CH](C1C(C)=Cc2ccccc21)C1C(C)=Cc2ccccc21. The molecule has 2 atom stereocenters. The number of rotatable bonds is 3. The van der Waals surface area contributed by atoms with E-state index in [1.807, 2.05) is 0 Å². The van der Waals surface area contributed by atoms with Crippen LogP contribution >= 0.6 is 0 Å². The van der Waals surface area contributed by atoms with Gasteiger partial charge in [-0.15, -0.1) is 0 Å². The Labute approximate surface area is 184 Å². The Kier molecular flexibility index (Phi) is 6.68. The summed E-state index contributed by atoms with van der Waals surface area (Å²) in [5, 5.41) is 0. The molecular weight excluding hydrogens is 519 g/mol. The van der Waals surface area contributed by atoms with Crippen LogP contribution in [0.5, 0.6) is 0 Å². The number of fused-ring (bicyclic) bond motifs is 2. The molecule has 2 aliphatic carbocycles. The maximum atomic E-state index is 2.55. The molecule has 2 heteroatoms. The van der Waals surface area contributed by atoms with Crippen LogP contribution in [0.15, 0.2) is 59.7 Å². The van der Waals surface area contributed by atoms with E-state index in [0.717, 1.165) is 3.67 Å². The first kappa shape index (κ1) is 20.3. The number of hydrogen-bond acceptors (Lipinski definition) is 0. The van der Waals surface area contributed by atoms with Crippen molar-refractivity contribution in [3.8, 4) is 0 Å². The molecular formula is C26H32HfSi. The Bertz CT molecular complexity index is 816. The van der Waals surface area contributed by atoms with Crippen LogP contribution in [-0.4, -0.2) is 9.52 Å². The molecule has 3 aliphatic rings. The quantitative estimate of drug-likeness (QED) is 0.358. The maximum absolute atomic E-state index is 2.55. The Balaban J connectivity index is 0.000000336. The summed E-state index contributed by atoms with van der Waals surface area (Å²) in [4.78, 5) is 0. The molecule has 0 bridgehead atoms. The standard InChI is InChI=1S/C21H19.C4H10Si.CH3.Hf/c1-14-11-16-7-3-5-9-18(16)20(14)13-21-15(2)12-17-8-4-6-10-19(17)21;1-2-4-5-3-1;;/h3-13,20-21H,1-2H3;1-5H2;1H3;. The van der Waals surface area contributed by atoms with Crippen LogP contribution < -0.4 is 0 Å². The molecule has 1 heterocycles. The van der Waals surface area contributed by atoms with Gasteiger partial charge in [0.15, 0.2) is 0 Å². The number of benzene rings is 2. The Morgan fingerprint density at radius 1 is 0.786 bits per heavy atom. The first-order valence-corrected chi connectivity index (χ1v) is 18.6. The van der Waals surface area contributed by atoms with E-state index in [9.17, 15) is 0 Å². The van der Waals surface area contributed by atoms with Gasteiger partial charge in [-0.2, -0.15) is 0 Å². The zero-order chi connectivity index (χ0) is 19.5. The molecule has 2 aromatic rings. The number of hydrogen-bond donors (Lipinski definition) is 0. The van der Waals surface area contributed by atoms with Gasteiger partial charge in [0.1, 0.15) is 0 Å². The molecule has 1 saturated heterocycles. The molecule has 0 nitrogen and oxygen atoms in total. The van der Waals surface area contributed by atoms with E-state index < -0.39 is 22.9 Å². The summed E-state index contributed by atoms with van der Waals surface area (Å²) in [5.41, 5.74) is 9.18. The van der Waals surface area contributed by atoms with Crippen molar-refractivity contribution in [2.45, 2.75) is 59.0 Å². The van der Waals surface area contributed by atoms with Crippen molar-refractivity contribution in [2.75, 3.05) is 0 Å². The van der Waals surface area contributed by atoms with E-state index in [1.54, 1.807) is 47.2 Å². The van der Waals surface area contributed by atoms with Crippen LogP contribution in [0, 0.1) is 0 Å². The topological polar surface area (TPSA) is 0 Å². The second-order valence-electron chi connectivity index (χ2n) is 8.57. The van der Waals surface area contributed by atoms with E-state index in [1.165, 1.54) is 11.1 Å². The van der Waals surface area contributed by atoms with Crippen molar-refractivity contribution >= 4 is 21.7 Å². The molecule has 0 N–H and O–H groups in total. The molecule has 0 aromatic heterocycles. The van der Waals surface area contributed by atoms with E-state index in [4.69, 9.17) is 0 Å². The van der Waals surface area contributed by atoms with Gasteiger partial charge < -0.3 is 0 Å². The second kappa shape index (κ2) is 9.22. The van der Waals surface area contributed by atoms with E-state index in [0.29, 0.717) is 21.4 Å². The van der Waals surface area contributed by atoms with Gasteiger partial charge in [0.25, 0.3) is 0 Å². The van der Waals surface area contributed by atoms with Crippen molar-refractivity contribution < 1.29 is 22.9 Å². The van der Waals surface area contributed by atoms with Gasteiger partial charge >= 0.3 is 151 Å². The zero-order valence-electron chi connectivity index (χ0n) is 17.5. The molecule has 5 rings (SSSR count). The summed E-state index contributed by atoms with van der Waals surface area (Å²) in [7, 11) is 0.543. The summed E-state index contributed by atoms with van der Waals surface area (Å²) in [6.45, 7) is 4.69. The minimum absolute atomic E-state index is 0.543. The number of allylic oxidation sites excluding steroid dienone is 2. The average Bonchev–Trinajstić information content (AvgIpc) is 3.44. The van der Waals surface area contributed by atoms with E-state index in [-0.39, 0.29) is 0 Å². The van der Waals surface area contributed by atoms with Crippen molar-refractivity contribution in [3.63, 3.8) is 0 Å².